The minimum absolute atomic E-state index is 0.199. The van der Waals surface area contributed by atoms with Gasteiger partial charge in [-0.15, -0.1) is 0 Å². The number of halogens is 3. The second-order valence-electron chi connectivity index (χ2n) is 5.19. The average molecular weight is 355 g/mol. The highest BCUT2D eigenvalue weighted by molar-refractivity contribution is 7.89. The van der Waals surface area contributed by atoms with Gasteiger partial charge in [-0.2, -0.15) is 0 Å². The fraction of sp³-hybridized carbons (Fsp3) is 0.538. The molecule has 2 rings (SSSR count). The van der Waals surface area contributed by atoms with Gasteiger partial charge in [-0.1, -0.05) is 23.2 Å². The maximum absolute atomic E-state index is 13.6. The zero-order valence-electron chi connectivity index (χ0n) is 11.5. The van der Waals surface area contributed by atoms with Crippen molar-refractivity contribution in [2.24, 2.45) is 5.92 Å². The smallest absolute Gasteiger partial charge is 0.242 e. The monoisotopic (exact) mass is 354 g/mol. The first kappa shape index (κ1) is 17.0. The predicted octanol–water partition coefficient (Wildman–Crippen LogP) is 2.80. The molecular formula is C13H17Cl2FN2O2S. The first-order valence-corrected chi connectivity index (χ1v) is 8.93. The molecule has 21 heavy (non-hydrogen) atoms. The van der Waals surface area contributed by atoms with E-state index < -0.39 is 20.9 Å². The molecule has 8 heteroatoms. The van der Waals surface area contributed by atoms with Gasteiger partial charge in [0.05, 0.1) is 10.0 Å². The fourth-order valence-corrected chi connectivity index (χ4v) is 4.48. The summed E-state index contributed by atoms with van der Waals surface area (Å²) >= 11 is 11.3. The van der Waals surface area contributed by atoms with E-state index in [1.54, 1.807) is 6.92 Å². The molecule has 1 aliphatic heterocycles. The van der Waals surface area contributed by atoms with E-state index in [0.717, 1.165) is 25.9 Å². The van der Waals surface area contributed by atoms with E-state index >= 15 is 0 Å². The standard InChI is InChI=1S/C13H17Cl2FN2O2S/c1-8(9-3-2-6-17-7-9)18-21(19,20)11-5-4-10(14)13(16)12(11)15/h4-5,8-9,17-18H,2-3,6-7H2,1H3. The third-order valence-electron chi connectivity index (χ3n) is 3.67. The molecule has 4 nitrogen and oxygen atoms in total. The summed E-state index contributed by atoms with van der Waals surface area (Å²) in [4.78, 5) is -0.290. The van der Waals surface area contributed by atoms with Gasteiger partial charge in [0.1, 0.15) is 4.90 Å². The quantitative estimate of drug-likeness (QED) is 0.817. The van der Waals surface area contributed by atoms with Crippen molar-refractivity contribution in [1.82, 2.24) is 10.0 Å². The molecule has 0 aliphatic carbocycles. The lowest BCUT2D eigenvalue weighted by atomic mass is 9.94. The van der Waals surface area contributed by atoms with E-state index in [0.29, 0.717) is 0 Å². The highest BCUT2D eigenvalue weighted by Gasteiger charge is 2.27. The van der Waals surface area contributed by atoms with Crippen molar-refractivity contribution in [1.29, 1.82) is 0 Å². The van der Waals surface area contributed by atoms with Crippen molar-refractivity contribution in [3.63, 3.8) is 0 Å². The molecule has 1 aromatic carbocycles. The molecule has 0 amide bonds. The Morgan fingerprint density at radius 2 is 2.14 bits per heavy atom. The number of hydrogen-bond acceptors (Lipinski definition) is 3. The Bertz CT molecular complexity index is 619. The Kier molecular flexibility index (Phi) is 5.48. The highest BCUT2D eigenvalue weighted by Crippen LogP contribution is 2.29. The van der Waals surface area contributed by atoms with Crippen molar-refractivity contribution >= 4 is 33.2 Å². The van der Waals surface area contributed by atoms with Gasteiger partial charge in [0.15, 0.2) is 5.82 Å². The van der Waals surface area contributed by atoms with Gasteiger partial charge in [-0.25, -0.2) is 17.5 Å². The summed E-state index contributed by atoms with van der Waals surface area (Å²) in [6, 6.07) is 2.13. The molecule has 2 unspecified atom stereocenters. The molecule has 0 aromatic heterocycles. The van der Waals surface area contributed by atoms with Crippen molar-refractivity contribution in [2.75, 3.05) is 13.1 Å². The van der Waals surface area contributed by atoms with Crippen LogP contribution in [-0.2, 0) is 10.0 Å². The van der Waals surface area contributed by atoms with Gasteiger partial charge >= 0.3 is 0 Å². The molecule has 1 aliphatic rings. The molecule has 2 atom stereocenters. The molecule has 2 N–H and O–H groups in total. The maximum atomic E-state index is 13.6. The summed E-state index contributed by atoms with van der Waals surface area (Å²) in [5.74, 6) is -0.724. The van der Waals surface area contributed by atoms with Crippen LogP contribution in [0.3, 0.4) is 0 Å². The van der Waals surface area contributed by atoms with Crippen molar-refractivity contribution in [3.05, 3.63) is 28.0 Å². The van der Waals surface area contributed by atoms with Gasteiger partial charge in [0, 0.05) is 6.04 Å². The van der Waals surface area contributed by atoms with Gasteiger partial charge in [0.2, 0.25) is 10.0 Å². The number of sulfonamides is 1. The van der Waals surface area contributed by atoms with Crippen LogP contribution in [-0.4, -0.2) is 27.5 Å². The Labute approximate surface area is 134 Å². The number of piperidine rings is 1. The Morgan fingerprint density at radius 3 is 2.76 bits per heavy atom. The van der Waals surface area contributed by atoms with Gasteiger partial charge < -0.3 is 5.32 Å². The number of benzene rings is 1. The number of hydrogen-bond donors (Lipinski definition) is 2. The van der Waals surface area contributed by atoms with Crippen molar-refractivity contribution in [2.45, 2.75) is 30.7 Å². The first-order chi connectivity index (χ1) is 9.83. The topological polar surface area (TPSA) is 58.2 Å². The summed E-state index contributed by atoms with van der Waals surface area (Å²) < 4.78 is 40.9. The van der Waals surface area contributed by atoms with Crippen LogP contribution in [0.4, 0.5) is 4.39 Å². The largest absolute Gasteiger partial charge is 0.316 e. The van der Waals surface area contributed by atoms with Crippen LogP contribution in [0.1, 0.15) is 19.8 Å². The zero-order chi connectivity index (χ0) is 15.6. The van der Waals surface area contributed by atoms with E-state index in [4.69, 9.17) is 23.2 Å². The summed E-state index contributed by atoms with van der Waals surface area (Å²) in [6.45, 7) is 3.51. The van der Waals surface area contributed by atoms with Crippen molar-refractivity contribution in [3.8, 4) is 0 Å². The molecule has 1 heterocycles. The summed E-state index contributed by atoms with van der Waals surface area (Å²) in [6.07, 6.45) is 1.95. The Hall–Kier alpha value is -0.400. The van der Waals surface area contributed by atoms with Crippen LogP contribution in [0.5, 0.6) is 0 Å². The van der Waals surface area contributed by atoms with E-state index in [2.05, 4.69) is 10.0 Å². The average Bonchev–Trinajstić information content (AvgIpc) is 2.45. The molecule has 1 fully saturated rings. The van der Waals surface area contributed by atoms with E-state index in [1.807, 2.05) is 0 Å². The molecule has 0 bridgehead atoms. The SMILES string of the molecule is CC(NS(=O)(=O)c1ccc(Cl)c(F)c1Cl)C1CCCNC1. The van der Waals surface area contributed by atoms with Crippen LogP contribution in [0.2, 0.25) is 10.0 Å². The minimum atomic E-state index is -3.89. The normalized spacial score (nSPS) is 21.2. The summed E-state index contributed by atoms with van der Waals surface area (Å²) in [5, 5.41) is 2.54. The third kappa shape index (κ3) is 3.87. The summed E-state index contributed by atoms with van der Waals surface area (Å²) in [7, 11) is -3.89. The van der Waals surface area contributed by atoms with Crippen LogP contribution in [0.25, 0.3) is 0 Å². The Morgan fingerprint density at radius 1 is 1.43 bits per heavy atom. The fourth-order valence-electron chi connectivity index (χ4n) is 2.43. The second-order valence-corrected chi connectivity index (χ2v) is 7.66. The van der Waals surface area contributed by atoms with Crippen LogP contribution in [0, 0.1) is 11.7 Å². The lowest BCUT2D eigenvalue weighted by molar-refractivity contribution is 0.320. The minimum Gasteiger partial charge on any atom is -0.316 e. The molecular weight excluding hydrogens is 338 g/mol. The summed E-state index contributed by atoms with van der Waals surface area (Å²) in [5.41, 5.74) is 0. The maximum Gasteiger partial charge on any atom is 0.242 e. The molecule has 118 valence electrons. The molecule has 0 radical (unpaired) electrons. The lowest BCUT2D eigenvalue weighted by Gasteiger charge is -2.28. The Balaban J connectivity index is 2.20. The molecule has 1 saturated heterocycles. The zero-order valence-corrected chi connectivity index (χ0v) is 13.8. The van der Waals surface area contributed by atoms with E-state index in [-0.39, 0.29) is 21.9 Å². The van der Waals surface area contributed by atoms with Crippen LogP contribution in [0.15, 0.2) is 17.0 Å². The first-order valence-electron chi connectivity index (χ1n) is 6.69. The number of nitrogens with one attached hydrogen (secondary N) is 2. The second kappa shape index (κ2) is 6.79. The van der Waals surface area contributed by atoms with Crippen LogP contribution < -0.4 is 10.0 Å². The van der Waals surface area contributed by atoms with E-state index in [1.165, 1.54) is 12.1 Å². The van der Waals surface area contributed by atoms with E-state index in [9.17, 15) is 12.8 Å². The third-order valence-corrected chi connectivity index (χ3v) is 6.05. The molecule has 0 spiro atoms. The lowest BCUT2D eigenvalue weighted by Crippen LogP contribution is -2.44. The van der Waals surface area contributed by atoms with Crippen molar-refractivity contribution < 1.29 is 12.8 Å². The van der Waals surface area contributed by atoms with Gasteiger partial charge in [-0.05, 0) is 50.9 Å². The van der Waals surface area contributed by atoms with Crippen LogP contribution >= 0.6 is 23.2 Å². The van der Waals surface area contributed by atoms with Gasteiger partial charge in [-0.3, -0.25) is 0 Å². The molecule has 1 aromatic rings. The highest BCUT2D eigenvalue weighted by atomic mass is 35.5. The molecule has 0 saturated carbocycles. The van der Waals surface area contributed by atoms with Gasteiger partial charge in [0.25, 0.3) is 0 Å². The predicted molar refractivity (Wildman–Crippen MR) is 81.8 cm³/mol. The number of rotatable bonds is 4.